The van der Waals surface area contributed by atoms with Crippen LogP contribution in [0.5, 0.6) is 11.5 Å². The Labute approximate surface area is 191 Å². The van der Waals surface area contributed by atoms with Gasteiger partial charge in [0.1, 0.15) is 17.3 Å². The third-order valence-corrected chi connectivity index (χ3v) is 5.81. The van der Waals surface area contributed by atoms with Crippen molar-refractivity contribution in [2.75, 3.05) is 40.4 Å². The van der Waals surface area contributed by atoms with E-state index in [1.165, 1.54) is 11.1 Å². The van der Waals surface area contributed by atoms with E-state index in [4.69, 9.17) is 19.0 Å². The highest BCUT2D eigenvalue weighted by molar-refractivity contribution is 5.80. The maximum absolute atomic E-state index is 5.40. The molecule has 1 unspecified atom stereocenters. The second-order valence-corrected chi connectivity index (χ2v) is 8.25. The number of nitrogens with one attached hydrogen (secondary N) is 2. The molecule has 0 saturated carbocycles. The summed E-state index contributed by atoms with van der Waals surface area (Å²) in [5.41, 5.74) is 3.39. The minimum Gasteiger partial charge on any atom is -0.497 e. The van der Waals surface area contributed by atoms with Gasteiger partial charge in [-0.3, -0.25) is 9.89 Å². The van der Waals surface area contributed by atoms with E-state index in [1.807, 2.05) is 19.9 Å². The first-order valence-corrected chi connectivity index (χ1v) is 11.4. The molecular weight excluding hydrogens is 406 g/mol. The van der Waals surface area contributed by atoms with Crippen molar-refractivity contribution in [2.45, 2.75) is 52.6 Å². The fourth-order valence-corrected chi connectivity index (χ4v) is 4.13. The van der Waals surface area contributed by atoms with E-state index < -0.39 is 0 Å². The minimum atomic E-state index is 0.378. The molecule has 176 valence electrons. The maximum Gasteiger partial charge on any atom is 0.191 e. The maximum atomic E-state index is 5.40. The highest BCUT2D eigenvalue weighted by atomic mass is 16.5. The number of aromatic nitrogens is 1. The van der Waals surface area contributed by atoms with Crippen LogP contribution in [0.2, 0.25) is 0 Å². The van der Waals surface area contributed by atoms with Crippen molar-refractivity contribution in [3.63, 3.8) is 0 Å². The van der Waals surface area contributed by atoms with Crippen LogP contribution in [0.25, 0.3) is 0 Å². The molecule has 0 radical (unpaired) electrons. The topological polar surface area (TPSA) is 84.2 Å². The third kappa shape index (κ3) is 6.63. The van der Waals surface area contributed by atoms with Crippen LogP contribution in [0.3, 0.4) is 0 Å². The van der Waals surface area contributed by atoms with Gasteiger partial charge < -0.3 is 24.6 Å². The monoisotopic (exact) mass is 443 g/mol. The standard InChI is InChI=1S/C24H37N5O3/c1-6-25-24(26-10-7-8-23-17(2)28-32-18(23)3)27-20-9-11-29(16-20)15-19-12-21(30-4)14-22(13-19)31-5/h12-14,20H,6-11,15-16H2,1-5H3,(H2,25,26,27). The van der Waals surface area contributed by atoms with Crippen LogP contribution >= 0.6 is 0 Å². The zero-order valence-electron chi connectivity index (χ0n) is 20.0. The summed E-state index contributed by atoms with van der Waals surface area (Å²) in [5, 5.41) is 11.0. The summed E-state index contributed by atoms with van der Waals surface area (Å²) in [5.74, 6) is 3.45. The van der Waals surface area contributed by atoms with Crippen LogP contribution in [-0.4, -0.2) is 62.5 Å². The molecule has 1 aliphatic heterocycles. The van der Waals surface area contributed by atoms with Crippen LogP contribution in [0.1, 0.15) is 42.3 Å². The molecule has 0 bridgehead atoms. The molecule has 0 aliphatic carbocycles. The zero-order chi connectivity index (χ0) is 22.9. The van der Waals surface area contributed by atoms with Crippen molar-refractivity contribution >= 4 is 5.96 Å². The van der Waals surface area contributed by atoms with Gasteiger partial charge in [0.15, 0.2) is 5.96 Å². The van der Waals surface area contributed by atoms with E-state index in [1.54, 1.807) is 14.2 Å². The van der Waals surface area contributed by atoms with Crippen molar-refractivity contribution in [3.05, 3.63) is 40.8 Å². The van der Waals surface area contributed by atoms with E-state index in [0.29, 0.717) is 6.04 Å². The number of rotatable bonds is 10. The smallest absolute Gasteiger partial charge is 0.191 e. The van der Waals surface area contributed by atoms with Crippen LogP contribution in [-0.2, 0) is 13.0 Å². The second kappa shape index (κ2) is 11.8. The first-order chi connectivity index (χ1) is 15.5. The van der Waals surface area contributed by atoms with E-state index in [2.05, 4.69) is 39.7 Å². The Hall–Kier alpha value is -2.74. The number of aliphatic imine (C=N–C) groups is 1. The molecule has 32 heavy (non-hydrogen) atoms. The molecule has 0 spiro atoms. The predicted molar refractivity (Wildman–Crippen MR) is 127 cm³/mol. The van der Waals surface area contributed by atoms with Crippen LogP contribution in [0, 0.1) is 13.8 Å². The van der Waals surface area contributed by atoms with Gasteiger partial charge in [-0.05, 0) is 57.7 Å². The highest BCUT2D eigenvalue weighted by Gasteiger charge is 2.23. The summed E-state index contributed by atoms with van der Waals surface area (Å²) in [6.07, 6.45) is 2.99. The molecular formula is C24H37N5O3. The molecule has 8 nitrogen and oxygen atoms in total. The molecule has 1 aromatic heterocycles. The van der Waals surface area contributed by atoms with Gasteiger partial charge in [0.2, 0.25) is 0 Å². The Morgan fingerprint density at radius 2 is 1.97 bits per heavy atom. The van der Waals surface area contributed by atoms with Gasteiger partial charge in [-0.15, -0.1) is 0 Å². The minimum absolute atomic E-state index is 0.378. The lowest BCUT2D eigenvalue weighted by molar-refractivity contribution is 0.321. The van der Waals surface area contributed by atoms with Gasteiger partial charge in [-0.2, -0.15) is 0 Å². The largest absolute Gasteiger partial charge is 0.497 e. The summed E-state index contributed by atoms with van der Waals surface area (Å²) in [6, 6.07) is 6.44. The van der Waals surface area contributed by atoms with Crippen LogP contribution < -0.4 is 20.1 Å². The van der Waals surface area contributed by atoms with E-state index in [9.17, 15) is 0 Å². The number of likely N-dealkylation sites (tertiary alicyclic amines) is 1. The van der Waals surface area contributed by atoms with E-state index in [0.717, 1.165) is 80.9 Å². The fraction of sp³-hybridized carbons (Fsp3) is 0.583. The van der Waals surface area contributed by atoms with Crippen LogP contribution in [0.4, 0.5) is 0 Å². The number of methoxy groups -OCH3 is 2. The number of benzene rings is 1. The number of aryl methyl sites for hydroxylation is 2. The van der Waals surface area contributed by atoms with Gasteiger partial charge in [-0.25, -0.2) is 0 Å². The Bertz CT molecular complexity index is 854. The lowest BCUT2D eigenvalue weighted by Gasteiger charge is -2.19. The summed E-state index contributed by atoms with van der Waals surface area (Å²) >= 11 is 0. The summed E-state index contributed by atoms with van der Waals surface area (Å²) in [6.45, 7) is 10.6. The molecule has 1 aromatic carbocycles. The van der Waals surface area contributed by atoms with E-state index in [-0.39, 0.29) is 0 Å². The lowest BCUT2D eigenvalue weighted by atomic mass is 10.1. The van der Waals surface area contributed by atoms with Crippen LogP contribution in [0.15, 0.2) is 27.7 Å². The van der Waals surface area contributed by atoms with Crippen molar-refractivity contribution in [1.82, 2.24) is 20.7 Å². The second-order valence-electron chi connectivity index (χ2n) is 8.25. The molecule has 8 heteroatoms. The Morgan fingerprint density at radius 3 is 2.59 bits per heavy atom. The highest BCUT2D eigenvalue weighted by Crippen LogP contribution is 2.24. The number of nitrogens with zero attached hydrogens (tertiary/aromatic N) is 3. The fourth-order valence-electron chi connectivity index (χ4n) is 4.13. The third-order valence-electron chi connectivity index (χ3n) is 5.81. The molecule has 2 heterocycles. The summed E-state index contributed by atoms with van der Waals surface area (Å²) in [4.78, 5) is 7.23. The molecule has 1 atom stereocenters. The van der Waals surface area contributed by atoms with Crippen molar-refractivity contribution in [2.24, 2.45) is 4.99 Å². The molecule has 1 saturated heterocycles. The van der Waals surface area contributed by atoms with Crippen molar-refractivity contribution in [3.8, 4) is 11.5 Å². The van der Waals surface area contributed by atoms with Crippen molar-refractivity contribution < 1.29 is 14.0 Å². The molecule has 2 aromatic rings. The first-order valence-electron chi connectivity index (χ1n) is 11.4. The number of guanidine groups is 1. The quantitative estimate of drug-likeness (QED) is 0.332. The molecule has 1 fully saturated rings. The Balaban J connectivity index is 1.50. The predicted octanol–water partition coefficient (Wildman–Crippen LogP) is 3.07. The molecule has 3 rings (SSSR count). The number of ether oxygens (including phenoxy) is 2. The lowest BCUT2D eigenvalue weighted by Crippen LogP contribution is -2.44. The van der Waals surface area contributed by atoms with Gasteiger partial charge in [0.05, 0.1) is 19.9 Å². The first kappa shape index (κ1) is 23.9. The van der Waals surface area contributed by atoms with Crippen molar-refractivity contribution in [1.29, 1.82) is 0 Å². The number of hydrogen-bond acceptors (Lipinski definition) is 6. The van der Waals surface area contributed by atoms with Gasteiger partial charge >= 0.3 is 0 Å². The summed E-state index contributed by atoms with van der Waals surface area (Å²) in [7, 11) is 3.37. The van der Waals surface area contributed by atoms with Gasteiger partial charge in [0.25, 0.3) is 0 Å². The van der Waals surface area contributed by atoms with Gasteiger partial charge in [0, 0.05) is 50.4 Å². The Kier molecular flexibility index (Phi) is 8.79. The Morgan fingerprint density at radius 1 is 1.22 bits per heavy atom. The number of hydrogen-bond donors (Lipinski definition) is 2. The SMILES string of the molecule is CCNC(=NCCCc1c(C)noc1C)NC1CCN(Cc2cc(OC)cc(OC)c2)C1. The average molecular weight is 444 g/mol. The van der Waals surface area contributed by atoms with Gasteiger partial charge in [-0.1, -0.05) is 5.16 Å². The average Bonchev–Trinajstić information content (AvgIpc) is 3.36. The molecule has 0 amide bonds. The zero-order valence-corrected chi connectivity index (χ0v) is 20.0. The normalized spacial score (nSPS) is 16.9. The summed E-state index contributed by atoms with van der Waals surface area (Å²) < 4.78 is 16.1. The van der Waals surface area contributed by atoms with E-state index >= 15 is 0 Å². The molecule has 2 N–H and O–H groups in total. The molecule has 1 aliphatic rings.